The second kappa shape index (κ2) is 5.27. The molecule has 2 heterocycles. The molecule has 0 unspecified atom stereocenters. The molecule has 0 saturated heterocycles. The van der Waals surface area contributed by atoms with E-state index < -0.39 is 18.6 Å². The second-order valence-corrected chi connectivity index (χ2v) is 3.98. The summed E-state index contributed by atoms with van der Waals surface area (Å²) in [4.78, 5) is 11.9. The van der Waals surface area contributed by atoms with Crippen molar-refractivity contribution in [3.63, 3.8) is 0 Å². The molecule has 0 fully saturated rings. The monoisotopic (exact) mass is 288 g/mol. The highest BCUT2D eigenvalue weighted by molar-refractivity contribution is 5.97. The molecule has 20 heavy (non-hydrogen) atoms. The molecule has 2 aromatic heterocycles. The molecule has 2 aromatic rings. The highest BCUT2D eigenvalue weighted by atomic mass is 19.4. The van der Waals surface area contributed by atoms with Crippen molar-refractivity contribution in [1.29, 1.82) is 0 Å². The molecule has 0 aromatic carbocycles. The summed E-state index contributed by atoms with van der Waals surface area (Å²) in [6, 6.07) is 3.25. The molecule has 0 radical (unpaired) electrons. The van der Waals surface area contributed by atoms with Gasteiger partial charge in [-0.1, -0.05) is 0 Å². The zero-order chi connectivity index (χ0) is 14.8. The third-order valence-electron chi connectivity index (χ3n) is 2.42. The van der Waals surface area contributed by atoms with Crippen LogP contribution >= 0.6 is 0 Å². The van der Waals surface area contributed by atoms with E-state index in [9.17, 15) is 18.0 Å². The lowest BCUT2D eigenvalue weighted by molar-refractivity contribution is -0.142. The van der Waals surface area contributed by atoms with Crippen LogP contribution in [0.15, 0.2) is 29.0 Å². The minimum Gasteiger partial charge on any atom is -0.467 e. The second-order valence-electron chi connectivity index (χ2n) is 3.98. The molecule has 0 bridgehead atoms. The van der Waals surface area contributed by atoms with Gasteiger partial charge < -0.3 is 15.5 Å². The molecule has 6 nitrogen and oxygen atoms in total. The number of carbonyl (C=O) groups excluding carboxylic acids is 1. The standard InChI is InChI=1S/C11H11F3N4O2/c12-11(13,14)6-18-9(8(15)5-17-18)10(19)16-4-7-2-1-3-20-7/h1-3,5H,4,6,15H2,(H,16,19). The molecule has 0 saturated carbocycles. The minimum absolute atomic E-state index is 0.0441. The van der Waals surface area contributed by atoms with Crippen LogP contribution in [0.5, 0.6) is 0 Å². The fourth-order valence-electron chi connectivity index (χ4n) is 1.60. The maximum absolute atomic E-state index is 12.4. The predicted molar refractivity (Wildman–Crippen MR) is 62.6 cm³/mol. The lowest BCUT2D eigenvalue weighted by atomic mass is 10.3. The van der Waals surface area contributed by atoms with Crippen LogP contribution < -0.4 is 11.1 Å². The zero-order valence-corrected chi connectivity index (χ0v) is 10.1. The minimum atomic E-state index is -4.49. The van der Waals surface area contributed by atoms with Crippen molar-refractivity contribution in [2.75, 3.05) is 5.73 Å². The van der Waals surface area contributed by atoms with Gasteiger partial charge in [0.2, 0.25) is 0 Å². The number of aromatic nitrogens is 2. The first-order chi connectivity index (χ1) is 9.37. The number of carbonyl (C=O) groups is 1. The Morgan fingerprint density at radius 1 is 1.50 bits per heavy atom. The lowest BCUT2D eigenvalue weighted by Crippen LogP contribution is -2.29. The van der Waals surface area contributed by atoms with Crippen LogP contribution in [0.2, 0.25) is 0 Å². The van der Waals surface area contributed by atoms with E-state index >= 15 is 0 Å². The third-order valence-corrected chi connectivity index (χ3v) is 2.42. The first-order valence-corrected chi connectivity index (χ1v) is 5.55. The quantitative estimate of drug-likeness (QED) is 0.893. The van der Waals surface area contributed by atoms with Gasteiger partial charge in [-0.3, -0.25) is 4.79 Å². The van der Waals surface area contributed by atoms with Crippen molar-refractivity contribution in [2.24, 2.45) is 0 Å². The Hall–Kier alpha value is -2.45. The van der Waals surface area contributed by atoms with Crippen molar-refractivity contribution in [3.05, 3.63) is 36.0 Å². The Morgan fingerprint density at radius 2 is 2.25 bits per heavy atom. The first kappa shape index (κ1) is 14.0. The molecule has 0 aliphatic heterocycles. The number of furan rings is 1. The van der Waals surface area contributed by atoms with Crippen molar-refractivity contribution >= 4 is 11.6 Å². The number of amides is 1. The van der Waals surface area contributed by atoms with E-state index in [1.54, 1.807) is 12.1 Å². The molecule has 3 N–H and O–H groups in total. The Bertz CT molecular complexity index is 589. The van der Waals surface area contributed by atoms with E-state index in [4.69, 9.17) is 10.2 Å². The third kappa shape index (κ3) is 3.31. The van der Waals surface area contributed by atoms with Crippen LogP contribution in [0.1, 0.15) is 16.2 Å². The summed E-state index contributed by atoms with van der Waals surface area (Å²) in [6.07, 6.45) is -2.06. The molecule has 0 aliphatic carbocycles. The summed E-state index contributed by atoms with van der Waals surface area (Å²) in [5.74, 6) is -0.278. The van der Waals surface area contributed by atoms with Gasteiger partial charge >= 0.3 is 6.18 Å². The highest BCUT2D eigenvalue weighted by Gasteiger charge is 2.31. The van der Waals surface area contributed by atoms with Gasteiger partial charge in [0, 0.05) is 0 Å². The van der Waals surface area contributed by atoms with Crippen molar-refractivity contribution in [2.45, 2.75) is 19.3 Å². The number of nitrogens with one attached hydrogen (secondary N) is 1. The summed E-state index contributed by atoms with van der Waals surface area (Å²) in [6.45, 7) is -1.34. The van der Waals surface area contributed by atoms with Gasteiger partial charge in [0.25, 0.3) is 5.91 Å². The first-order valence-electron chi connectivity index (χ1n) is 5.55. The zero-order valence-electron chi connectivity index (χ0n) is 10.1. The molecule has 1 amide bonds. The summed E-state index contributed by atoms with van der Waals surface area (Å²) in [7, 11) is 0. The molecular formula is C11H11F3N4O2. The number of rotatable bonds is 4. The largest absolute Gasteiger partial charge is 0.467 e. The van der Waals surface area contributed by atoms with Crippen LogP contribution in [-0.4, -0.2) is 21.9 Å². The topological polar surface area (TPSA) is 86.1 Å². The van der Waals surface area contributed by atoms with Crippen LogP contribution in [0.4, 0.5) is 18.9 Å². The number of anilines is 1. The van der Waals surface area contributed by atoms with Crippen molar-refractivity contribution in [1.82, 2.24) is 15.1 Å². The molecule has 0 aliphatic rings. The molecule has 0 spiro atoms. The van der Waals surface area contributed by atoms with Crippen molar-refractivity contribution < 1.29 is 22.4 Å². The smallest absolute Gasteiger partial charge is 0.408 e. The van der Waals surface area contributed by atoms with Gasteiger partial charge in [0.05, 0.1) is 24.7 Å². The fourth-order valence-corrected chi connectivity index (χ4v) is 1.60. The SMILES string of the molecule is Nc1cnn(CC(F)(F)F)c1C(=O)NCc1ccco1. The number of nitrogen functional groups attached to an aromatic ring is 1. The predicted octanol–water partition coefficient (Wildman–Crippen LogP) is 1.55. The fraction of sp³-hybridized carbons (Fsp3) is 0.273. The Labute approximate surface area is 111 Å². The maximum atomic E-state index is 12.4. The molecule has 2 rings (SSSR count). The normalized spacial score (nSPS) is 11.6. The van der Waals surface area contributed by atoms with Gasteiger partial charge in [-0.25, -0.2) is 4.68 Å². The number of nitrogens with two attached hydrogens (primary N) is 1. The summed E-state index contributed by atoms with van der Waals surface area (Å²) < 4.78 is 42.6. The van der Waals surface area contributed by atoms with E-state index in [2.05, 4.69) is 10.4 Å². The Morgan fingerprint density at radius 3 is 2.85 bits per heavy atom. The number of halogens is 3. The Kier molecular flexibility index (Phi) is 3.68. The average molecular weight is 288 g/mol. The van der Waals surface area contributed by atoms with Gasteiger partial charge in [0.1, 0.15) is 18.0 Å². The van der Waals surface area contributed by atoms with E-state index in [1.807, 2.05) is 0 Å². The average Bonchev–Trinajstić information content (AvgIpc) is 2.95. The van der Waals surface area contributed by atoms with E-state index in [-0.39, 0.29) is 17.9 Å². The van der Waals surface area contributed by atoms with Gasteiger partial charge in [0.15, 0.2) is 0 Å². The molecular weight excluding hydrogens is 277 g/mol. The summed E-state index contributed by atoms with van der Waals surface area (Å²) in [5.41, 5.74) is 5.03. The van der Waals surface area contributed by atoms with Gasteiger partial charge in [-0.05, 0) is 12.1 Å². The Balaban J connectivity index is 2.10. The number of hydrogen-bond acceptors (Lipinski definition) is 4. The van der Waals surface area contributed by atoms with Gasteiger partial charge in [-0.15, -0.1) is 0 Å². The van der Waals surface area contributed by atoms with Crippen LogP contribution in [0, 0.1) is 0 Å². The van der Waals surface area contributed by atoms with Crippen LogP contribution in [-0.2, 0) is 13.1 Å². The molecule has 9 heteroatoms. The number of hydrogen-bond donors (Lipinski definition) is 2. The van der Waals surface area contributed by atoms with E-state index in [0.29, 0.717) is 10.4 Å². The van der Waals surface area contributed by atoms with Crippen LogP contribution in [0.3, 0.4) is 0 Å². The summed E-state index contributed by atoms with van der Waals surface area (Å²) >= 11 is 0. The highest BCUT2D eigenvalue weighted by Crippen LogP contribution is 2.20. The summed E-state index contributed by atoms with van der Waals surface area (Å²) in [5, 5.41) is 5.87. The maximum Gasteiger partial charge on any atom is 0.408 e. The van der Waals surface area contributed by atoms with E-state index in [0.717, 1.165) is 6.20 Å². The number of alkyl halides is 3. The number of nitrogens with zero attached hydrogens (tertiary/aromatic N) is 2. The van der Waals surface area contributed by atoms with Crippen molar-refractivity contribution in [3.8, 4) is 0 Å². The lowest BCUT2D eigenvalue weighted by Gasteiger charge is -2.10. The van der Waals surface area contributed by atoms with Crippen LogP contribution in [0.25, 0.3) is 0 Å². The van der Waals surface area contributed by atoms with E-state index in [1.165, 1.54) is 6.26 Å². The molecule has 0 atom stereocenters. The molecule has 108 valence electrons. The van der Waals surface area contributed by atoms with Gasteiger partial charge in [-0.2, -0.15) is 18.3 Å².